The fraction of sp³-hybridized carbons (Fsp3) is 0.391. The van der Waals surface area contributed by atoms with Gasteiger partial charge in [-0.25, -0.2) is 9.69 Å². The van der Waals surface area contributed by atoms with E-state index in [9.17, 15) is 19.2 Å². The van der Waals surface area contributed by atoms with Crippen LogP contribution in [0.15, 0.2) is 53.3 Å². The van der Waals surface area contributed by atoms with Gasteiger partial charge in [-0.2, -0.15) is 0 Å². The van der Waals surface area contributed by atoms with Crippen molar-refractivity contribution in [1.82, 2.24) is 14.8 Å². The number of imide groups is 1. The normalized spacial score (nSPS) is 24.7. The summed E-state index contributed by atoms with van der Waals surface area (Å²) in [5, 5.41) is 2.70. The van der Waals surface area contributed by atoms with E-state index in [0.717, 1.165) is 17.0 Å². The topological polar surface area (TPSA) is 91.7 Å². The van der Waals surface area contributed by atoms with Crippen LogP contribution in [0, 0.1) is 5.92 Å². The lowest BCUT2D eigenvalue weighted by Crippen LogP contribution is -2.49. The number of pyridine rings is 1. The van der Waals surface area contributed by atoms with Crippen LogP contribution in [0.2, 0.25) is 0 Å². The number of anilines is 1. The van der Waals surface area contributed by atoms with Crippen LogP contribution in [0.3, 0.4) is 0 Å². The lowest BCUT2D eigenvalue weighted by Gasteiger charge is -2.42. The number of benzene rings is 1. The van der Waals surface area contributed by atoms with E-state index in [1.54, 1.807) is 36.4 Å². The van der Waals surface area contributed by atoms with Crippen molar-refractivity contribution < 1.29 is 14.4 Å². The molecule has 4 amide bonds. The minimum Gasteiger partial charge on any atom is -0.342 e. The van der Waals surface area contributed by atoms with Gasteiger partial charge in [0.2, 0.25) is 5.91 Å². The molecule has 2 fully saturated rings. The zero-order valence-corrected chi connectivity index (χ0v) is 17.1. The van der Waals surface area contributed by atoms with Crippen LogP contribution in [-0.4, -0.2) is 46.4 Å². The Morgan fingerprint density at radius 2 is 1.77 bits per heavy atom. The molecule has 31 heavy (non-hydrogen) atoms. The Labute approximate surface area is 179 Å². The van der Waals surface area contributed by atoms with Crippen molar-refractivity contribution in [1.29, 1.82) is 0 Å². The molecule has 2 saturated heterocycles. The van der Waals surface area contributed by atoms with E-state index in [4.69, 9.17) is 0 Å². The van der Waals surface area contributed by atoms with Gasteiger partial charge in [0.05, 0.1) is 5.69 Å². The number of rotatable bonds is 4. The predicted octanol–water partition coefficient (Wildman–Crippen LogP) is 1.70. The maximum atomic E-state index is 12.9. The second kappa shape index (κ2) is 7.68. The molecule has 2 bridgehead atoms. The molecule has 3 atom stereocenters. The molecule has 3 aliphatic rings. The van der Waals surface area contributed by atoms with Crippen molar-refractivity contribution in [2.75, 3.05) is 18.0 Å². The molecule has 5 rings (SSSR count). The second-order valence-corrected chi connectivity index (χ2v) is 8.55. The third kappa shape index (κ3) is 3.52. The minimum absolute atomic E-state index is 0.0124. The summed E-state index contributed by atoms with van der Waals surface area (Å²) in [6, 6.07) is 13.0. The van der Waals surface area contributed by atoms with Crippen LogP contribution >= 0.6 is 0 Å². The van der Waals surface area contributed by atoms with Gasteiger partial charge in [0.25, 0.3) is 11.5 Å². The molecule has 0 aliphatic carbocycles. The summed E-state index contributed by atoms with van der Waals surface area (Å²) < 4.78 is 1.84. The monoisotopic (exact) mass is 420 g/mol. The summed E-state index contributed by atoms with van der Waals surface area (Å²) in [6.45, 7) is 1.84. The maximum Gasteiger partial charge on any atom is 0.329 e. The molecular formula is C23H24N4O4. The molecule has 1 aromatic carbocycles. The number of aromatic nitrogens is 1. The predicted molar refractivity (Wildman–Crippen MR) is 114 cm³/mol. The van der Waals surface area contributed by atoms with E-state index in [2.05, 4.69) is 5.32 Å². The molecule has 0 radical (unpaired) electrons. The quantitative estimate of drug-likeness (QED) is 0.762. The summed E-state index contributed by atoms with van der Waals surface area (Å²) >= 11 is 0. The molecule has 8 heteroatoms. The first-order valence-electron chi connectivity index (χ1n) is 10.7. The zero-order chi connectivity index (χ0) is 21.5. The van der Waals surface area contributed by atoms with Crippen LogP contribution in [0.25, 0.3) is 0 Å². The number of para-hydroxylation sites is 1. The number of amides is 4. The van der Waals surface area contributed by atoms with Gasteiger partial charge >= 0.3 is 6.03 Å². The third-order valence-electron chi connectivity index (χ3n) is 6.51. The number of likely N-dealkylation sites (tertiary alicyclic amines) is 1. The Bertz CT molecular complexity index is 1100. The van der Waals surface area contributed by atoms with E-state index in [-0.39, 0.29) is 42.1 Å². The van der Waals surface area contributed by atoms with Gasteiger partial charge in [-0.1, -0.05) is 24.3 Å². The van der Waals surface area contributed by atoms with Crippen molar-refractivity contribution in [3.8, 4) is 0 Å². The number of fused-ring (bicyclic) bond motifs is 4. The number of carbonyl (C=O) groups excluding carboxylic acids is 3. The molecule has 3 aliphatic heterocycles. The fourth-order valence-corrected chi connectivity index (χ4v) is 5.07. The molecular weight excluding hydrogens is 396 g/mol. The number of hydrogen-bond donors (Lipinski definition) is 1. The summed E-state index contributed by atoms with van der Waals surface area (Å²) in [7, 11) is 0. The van der Waals surface area contributed by atoms with E-state index < -0.39 is 12.1 Å². The number of hydrogen-bond acceptors (Lipinski definition) is 4. The van der Waals surface area contributed by atoms with Gasteiger partial charge in [-0.3, -0.25) is 14.4 Å². The summed E-state index contributed by atoms with van der Waals surface area (Å²) in [5.74, 6) is 0.0814. The molecule has 160 valence electrons. The highest BCUT2D eigenvalue weighted by Gasteiger charge is 2.40. The SMILES string of the molecule is O=C(CC[C@@H]1NC(=O)N(c2ccccc2)C1=O)N1C[C@H]2C[C@@H](C1)c1cccc(=O)n1C2. The van der Waals surface area contributed by atoms with Crippen LogP contribution in [0.5, 0.6) is 0 Å². The molecule has 0 spiro atoms. The fourth-order valence-electron chi connectivity index (χ4n) is 5.07. The van der Waals surface area contributed by atoms with Crippen molar-refractivity contribution in [3.63, 3.8) is 0 Å². The summed E-state index contributed by atoms with van der Waals surface area (Å²) in [5.41, 5.74) is 1.54. The Kier molecular flexibility index (Phi) is 4.84. The molecule has 1 aromatic heterocycles. The highest BCUT2D eigenvalue weighted by atomic mass is 16.2. The largest absolute Gasteiger partial charge is 0.342 e. The van der Waals surface area contributed by atoms with Crippen LogP contribution in [0.4, 0.5) is 10.5 Å². The van der Waals surface area contributed by atoms with Gasteiger partial charge in [0, 0.05) is 43.7 Å². The smallest absolute Gasteiger partial charge is 0.329 e. The molecule has 2 aromatic rings. The lowest BCUT2D eigenvalue weighted by molar-refractivity contribution is -0.134. The minimum atomic E-state index is -0.694. The van der Waals surface area contributed by atoms with Gasteiger partial charge < -0.3 is 14.8 Å². The second-order valence-electron chi connectivity index (χ2n) is 8.55. The number of nitrogens with one attached hydrogen (secondary N) is 1. The average molecular weight is 420 g/mol. The van der Waals surface area contributed by atoms with E-state index in [0.29, 0.717) is 25.3 Å². The molecule has 0 unspecified atom stereocenters. The van der Waals surface area contributed by atoms with E-state index in [1.807, 2.05) is 21.6 Å². The first kappa shape index (κ1) is 19.5. The standard InChI is InChI=1S/C23H24N4O4/c28-20(10-9-18-22(30)27(23(31)24-18)17-5-2-1-3-6-17)25-12-15-11-16(14-25)19-7-4-8-21(29)26(19)13-15/h1-8,15-16,18H,9-14H2,(H,24,31)/t15-,16+,18+/m1/s1. The Balaban J connectivity index is 1.22. The first-order valence-corrected chi connectivity index (χ1v) is 10.7. The van der Waals surface area contributed by atoms with Gasteiger partial charge in [0.1, 0.15) is 6.04 Å². The van der Waals surface area contributed by atoms with Gasteiger partial charge in [-0.15, -0.1) is 0 Å². The summed E-state index contributed by atoms with van der Waals surface area (Å²) in [6.07, 6.45) is 1.45. The Hall–Kier alpha value is -3.42. The molecule has 1 N–H and O–H groups in total. The van der Waals surface area contributed by atoms with Gasteiger partial charge in [-0.05, 0) is 37.0 Å². The van der Waals surface area contributed by atoms with Crippen LogP contribution < -0.4 is 15.8 Å². The molecule has 8 nitrogen and oxygen atoms in total. The third-order valence-corrected chi connectivity index (χ3v) is 6.51. The number of carbonyl (C=O) groups is 3. The van der Waals surface area contributed by atoms with Gasteiger partial charge in [0.15, 0.2) is 0 Å². The average Bonchev–Trinajstić information content (AvgIpc) is 3.06. The molecule has 0 saturated carbocycles. The Morgan fingerprint density at radius 1 is 0.968 bits per heavy atom. The van der Waals surface area contributed by atoms with Crippen LogP contribution in [0.1, 0.15) is 30.9 Å². The summed E-state index contributed by atoms with van der Waals surface area (Å²) in [4.78, 5) is 53.1. The highest BCUT2D eigenvalue weighted by Crippen LogP contribution is 2.35. The highest BCUT2D eigenvalue weighted by molar-refractivity contribution is 6.21. The zero-order valence-electron chi connectivity index (χ0n) is 17.1. The maximum absolute atomic E-state index is 12.9. The van der Waals surface area contributed by atoms with Crippen molar-refractivity contribution in [2.45, 2.75) is 37.8 Å². The number of piperidine rings is 1. The van der Waals surface area contributed by atoms with Crippen molar-refractivity contribution >= 4 is 23.5 Å². The first-order chi connectivity index (χ1) is 15.0. The Morgan fingerprint density at radius 3 is 2.58 bits per heavy atom. The van der Waals surface area contributed by atoms with E-state index in [1.165, 1.54) is 0 Å². The number of nitrogens with zero attached hydrogens (tertiary/aromatic N) is 3. The van der Waals surface area contributed by atoms with Crippen molar-refractivity contribution in [3.05, 3.63) is 64.6 Å². The van der Waals surface area contributed by atoms with Crippen molar-refractivity contribution in [2.24, 2.45) is 5.92 Å². The number of urea groups is 1. The molecule has 4 heterocycles. The van der Waals surface area contributed by atoms with Crippen LogP contribution in [-0.2, 0) is 16.1 Å². The van der Waals surface area contributed by atoms with E-state index >= 15 is 0 Å². The lowest BCUT2D eigenvalue weighted by atomic mass is 9.83.